The van der Waals surface area contributed by atoms with Gasteiger partial charge in [-0.25, -0.2) is 14.3 Å². The molecule has 10 heteroatoms. The largest absolute Gasteiger partial charge is 0.462 e. The van der Waals surface area contributed by atoms with E-state index in [0.717, 1.165) is 18.1 Å². The fourth-order valence-corrected chi connectivity index (χ4v) is 6.10. The van der Waals surface area contributed by atoms with Crippen molar-refractivity contribution in [1.82, 2.24) is 18.8 Å². The Labute approximate surface area is 169 Å². The Morgan fingerprint density at radius 2 is 2.00 bits per heavy atom. The van der Waals surface area contributed by atoms with Crippen LogP contribution in [0.2, 0.25) is 5.02 Å². The molecule has 4 aliphatic rings. The van der Waals surface area contributed by atoms with Crippen LogP contribution in [0.4, 0.5) is 0 Å². The molecule has 0 aliphatic carbocycles. The summed E-state index contributed by atoms with van der Waals surface area (Å²) in [7, 11) is 0. The fraction of sp³-hybridized carbons (Fsp3) is 0.444. The maximum Gasteiger partial charge on any atom is 0.343 e. The molecule has 1 fully saturated rings. The molecule has 1 atom stereocenters. The molecule has 0 bridgehead atoms. The third-order valence-corrected chi connectivity index (χ3v) is 7.77. The first-order chi connectivity index (χ1) is 13.4. The molecule has 0 aromatic rings. The number of piperazine rings is 1. The van der Waals surface area contributed by atoms with Crippen molar-refractivity contribution in [2.45, 2.75) is 24.8 Å². The summed E-state index contributed by atoms with van der Waals surface area (Å²) in [5.41, 5.74) is -0.170. The standard InChI is InChI=1S/C18H20ClN4O4S/c1-3-27-18(26)13-9-20-16-12(15(13)25)8-14(19)17-23(16)10-28(17)22-6-4-21(5-7-22)11(2)24/h8-9H,3-7,10H2,1-2H3/q+1. The van der Waals surface area contributed by atoms with Crippen molar-refractivity contribution in [2.75, 3.05) is 32.8 Å². The average molecular weight is 424 g/mol. The van der Waals surface area contributed by atoms with Gasteiger partial charge in [-0.3, -0.25) is 9.59 Å². The lowest BCUT2D eigenvalue weighted by Gasteiger charge is -2.36. The second kappa shape index (κ2) is 7.38. The van der Waals surface area contributed by atoms with Gasteiger partial charge in [0.1, 0.15) is 10.6 Å². The first-order valence-electron chi connectivity index (χ1n) is 9.03. The highest BCUT2D eigenvalue weighted by atomic mass is 35.5. The van der Waals surface area contributed by atoms with Gasteiger partial charge in [-0.05, 0) is 13.0 Å². The highest BCUT2D eigenvalue weighted by Gasteiger charge is 2.48. The van der Waals surface area contributed by atoms with Gasteiger partial charge in [0.15, 0.2) is 16.9 Å². The Morgan fingerprint density at radius 1 is 1.29 bits per heavy atom. The second-order valence-corrected chi connectivity index (χ2v) is 8.91. The van der Waals surface area contributed by atoms with E-state index in [1.54, 1.807) is 19.9 Å². The predicted molar refractivity (Wildman–Crippen MR) is 106 cm³/mol. The molecule has 0 spiro atoms. The smallest absolute Gasteiger partial charge is 0.343 e. The van der Waals surface area contributed by atoms with E-state index in [1.165, 1.54) is 6.20 Å². The summed E-state index contributed by atoms with van der Waals surface area (Å²) >= 11 is 6.33. The number of aromatic nitrogens is 2. The van der Waals surface area contributed by atoms with E-state index in [0.29, 0.717) is 35.4 Å². The molecule has 1 amide bonds. The number of rotatable bonds is 3. The Bertz CT molecular complexity index is 986. The van der Waals surface area contributed by atoms with Crippen LogP contribution < -0.4 is 5.43 Å². The van der Waals surface area contributed by atoms with Crippen LogP contribution in [0, 0.1) is 0 Å². The van der Waals surface area contributed by atoms with Gasteiger partial charge in [-0.2, -0.15) is 0 Å². The van der Waals surface area contributed by atoms with Crippen LogP contribution in [-0.4, -0.2) is 63.4 Å². The van der Waals surface area contributed by atoms with Gasteiger partial charge in [0.05, 0.1) is 25.3 Å². The number of esters is 1. The van der Waals surface area contributed by atoms with E-state index < -0.39 is 11.4 Å². The third-order valence-electron chi connectivity index (χ3n) is 4.99. The van der Waals surface area contributed by atoms with Crippen LogP contribution >= 0.6 is 11.6 Å². The monoisotopic (exact) mass is 423 g/mol. The maximum atomic E-state index is 12.7. The van der Waals surface area contributed by atoms with Crippen molar-refractivity contribution in [3.8, 4) is 11.4 Å². The topological polar surface area (TPSA) is 84.7 Å². The lowest BCUT2D eigenvalue weighted by Crippen LogP contribution is -2.53. The molecule has 0 aromatic heterocycles. The number of pyridine rings is 2. The van der Waals surface area contributed by atoms with E-state index in [1.807, 2.05) is 9.47 Å². The predicted octanol–water partition coefficient (Wildman–Crippen LogP) is 1.21. The van der Waals surface area contributed by atoms with Crippen LogP contribution in [0.25, 0.3) is 11.4 Å². The summed E-state index contributed by atoms with van der Waals surface area (Å²) in [6.07, 6.45) is 1.28. The van der Waals surface area contributed by atoms with Crippen molar-refractivity contribution in [2.24, 2.45) is 0 Å². The Kier molecular flexibility index (Phi) is 5.07. The summed E-state index contributed by atoms with van der Waals surface area (Å²) in [6.45, 7) is 6.45. The zero-order valence-corrected chi connectivity index (χ0v) is 17.2. The summed E-state index contributed by atoms with van der Waals surface area (Å²) in [5.74, 6) is 0.648. The number of carbonyl (C=O) groups is 2. The van der Waals surface area contributed by atoms with E-state index in [9.17, 15) is 14.4 Å². The average Bonchev–Trinajstić information content (AvgIpc) is 2.63. The normalized spacial score (nSPS) is 19.2. The highest BCUT2D eigenvalue weighted by Crippen LogP contribution is 2.40. The van der Waals surface area contributed by atoms with E-state index >= 15 is 0 Å². The van der Waals surface area contributed by atoms with E-state index in [4.69, 9.17) is 16.3 Å². The van der Waals surface area contributed by atoms with Gasteiger partial charge in [0.2, 0.25) is 17.2 Å². The molecule has 4 heterocycles. The zero-order valence-electron chi connectivity index (χ0n) is 15.6. The number of amides is 1. The first-order valence-corrected chi connectivity index (χ1v) is 10.8. The molecule has 1 unspecified atom stereocenters. The Morgan fingerprint density at radius 3 is 2.64 bits per heavy atom. The number of ether oxygens (including phenoxy) is 1. The van der Waals surface area contributed by atoms with Gasteiger partial charge in [0.25, 0.3) is 5.03 Å². The van der Waals surface area contributed by atoms with Crippen LogP contribution in [0.3, 0.4) is 0 Å². The number of hydrogen-bond acceptors (Lipinski definition) is 6. The highest BCUT2D eigenvalue weighted by molar-refractivity contribution is 7.94. The van der Waals surface area contributed by atoms with E-state index in [-0.39, 0.29) is 29.2 Å². The molecule has 4 aliphatic heterocycles. The second-order valence-electron chi connectivity index (χ2n) is 6.61. The number of nitrogens with zero attached hydrogens (tertiary/aromatic N) is 4. The minimum atomic E-state index is -0.672. The molecule has 28 heavy (non-hydrogen) atoms. The summed E-state index contributed by atoms with van der Waals surface area (Å²) in [4.78, 5) is 42.4. The van der Waals surface area contributed by atoms with Crippen LogP contribution in [-0.2, 0) is 26.5 Å². The molecule has 148 valence electrons. The molecule has 8 nitrogen and oxygen atoms in total. The lowest BCUT2D eigenvalue weighted by molar-refractivity contribution is -0.129. The van der Waals surface area contributed by atoms with Gasteiger partial charge in [-0.1, -0.05) is 11.6 Å². The van der Waals surface area contributed by atoms with Crippen molar-refractivity contribution in [3.63, 3.8) is 0 Å². The third kappa shape index (κ3) is 3.07. The molecule has 0 saturated carbocycles. The van der Waals surface area contributed by atoms with E-state index in [2.05, 4.69) is 9.29 Å². The summed E-state index contributed by atoms with van der Waals surface area (Å²) in [5, 5.41) is 1.44. The molecule has 1 saturated heterocycles. The fourth-order valence-electron chi connectivity index (χ4n) is 3.52. The molecule has 4 rings (SSSR count). The number of hydrogen-bond donors (Lipinski definition) is 0. The Balaban J connectivity index is 1.65. The van der Waals surface area contributed by atoms with Gasteiger partial charge >= 0.3 is 5.97 Å². The van der Waals surface area contributed by atoms with Gasteiger partial charge < -0.3 is 9.64 Å². The maximum absolute atomic E-state index is 12.7. The van der Waals surface area contributed by atoms with Crippen LogP contribution in [0.1, 0.15) is 24.2 Å². The number of carbonyl (C=O) groups excluding carboxylic acids is 2. The number of halogens is 1. The zero-order chi connectivity index (χ0) is 20.0. The molecule has 0 aromatic carbocycles. The minimum absolute atomic E-state index is 0.0790. The van der Waals surface area contributed by atoms with Crippen LogP contribution in [0.15, 0.2) is 22.1 Å². The lowest BCUT2D eigenvalue weighted by atomic mass is 10.1. The van der Waals surface area contributed by atoms with Gasteiger partial charge in [0, 0.05) is 26.2 Å². The van der Waals surface area contributed by atoms with Crippen molar-refractivity contribution in [3.05, 3.63) is 33.1 Å². The van der Waals surface area contributed by atoms with Crippen LogP contribution in [0.5, 0.6) is 0 Å². The minimum Gasteiger partial charge on any atom is -0.462 e. The molecule has 0 N–H and O–H groups in total. The quantitative estimate of drug-likeness (QED) is 0.545. The first kappa shape index (κ1) is 19.2. The summed E-state index contributed by atoms with van der Waals surface area (Å²) < 4.78 is 9.20. The molecule has 0 radical (unpaired) electrons. The van der Waals surface area contributed by atoms with Crippen molar-refractivity contribution >= 4 is 34.6 Å². The summed E-state index contributed by atoms with van der Waals surface area (Å²) in [6, 6.07) is 1.60. The van der Waals surface area contributed by atoms with Crippen molar-refractivity contribution < 1.29 is 14.3 Å². The number of fused-ring (bicyclic) bond motifs is 3. The molecular weight excluding hydrogens is 404 g/mol. The molecular formula is C18H20ClN4O4S+. The Hall–Kier alpha value is -2.10. The SMILES string of the molecule is CCOC(=O)c1cnc2n3c(c(Cl)cc-2c1=O)[S+](N1CCN(C(C)=O)CC1)C3. The van der Waals surface area contributed by atoms with Crippen molar-refractivity contribution in [1.29, 1.82) is 0 Å². The van der Waals surface area contributed by atoms with Gasteiger partial charge in [-0.15, -0.1) is 4.31 Å².